The number of carbonyl (C=O) groups excluding carboxylic acids is 1. The molecule has 0 radical (unpaired) electrons. The maximum atomic E-state index is 13.7. The fourth-order valence-corrected chi connectivity index (χ4v) is 2.53. The molecular weight excluding hydrogens is 269 g/mol. The lowest BCUT2D eigenvalue weighted by atomic mass is 10.1. The Morgan fingerprint density at radius 1 is 1.24 bits per heavy atom. The molecule has 1 aromatic carbocycles. The van der Waals surface area contributed by atoms with E-state index in [9.17, 15) is 9.18 Å². The van der Waals surface area contributed by atoms with Crippen molar-refractivity contribution in [2.45, 2.75) is 18.9 Å². The smallest absolute Gasteiger partial charge is 0.245 e. The van der Waals surface area contributed by atoms with Gasteiger partial charge in [0.1, 0.15) is 11.6 Å². The Bertz CT molecular complexity index is 657. The van der Waals surface area contributed by atoms with Gasteiger partial charge in [0, 0.05) is 23.9 Å². The minimum absolute atomic E-state index is 0.104. The molecule has 21 heavy (non-hydrogen) atoms. The standard InChI is InChI=1S/C16H16FN3O/c17-13-5-2-1-4-12(13)11-7-8-15(19-10-11)20-9-3-6-14(18)16(20)21/h1-2,4-5,7-8,10,14H,3,6,9,18H2. The van der Waals surface area contributed by atoms with Crippen molar-refractivity contribution in [2.75, 3.05) is 11.4 Å². The number of nitrogens with two attached hydrogens (primary N) is 1. The van der Waals surface area contributed by atoms with Crippen LogP contribution in [-0.4, -0.2) is 23.5 Å². The molecular formula is C16H16FN3O. The van der Waals surface area contributed by atoms with Crippen LogP contribution in [0.2, 0.25) is 0 Å². The van der Waals surface area contributed by atoms with Crippen LogP contribution in [0.15, 0.2) is 42.6 Å². The highest BCUT2D eigenvalue weighted by molar-refractivity contribution is 5.97. The number of piperidine rings is 1. The summed E-state index contributed by atoms with van der Waals surface area (Å²) in [6, 6.07) is 9.59. The zero-order chi connectivity index (χ0) is 14.8. The van der Waals surface area contributed by atoms with E-state index < -0.39 is 6.04 Å². The third-order valence-electron chi connectivity index (χ3n) is 3.69. The first-order valence-corrected chi connectivity index (χ1v) is 6.95. The minimum atomic E-state index is -0.452. The Labute approximate surface area is 122 Å². The first-order chi connectivity index (χ1) is 10.2. The largest absolute Gasteiger partial charge is 0.320 e. The number of rotatable bonds is 2. The van der Waals surface area contributed by atoms with E-state index in [0.29, 0.717) is 29.9 Å². The Kier molecular flexibility index (Phi) is 3.66. The van der Waals surface area contributed by atoms with Gasteiger partial charge in [-0.3, -0.25) is 9.69 Å². The van der Waals surface area contributed by atoms with Crippen molar-refractivity contribution in [3.05, 3.63) is 48.4 Å². The van der Waals surface area contributed by atoms with E-state index in [0.717, 1.165) is 6.42 Å². The molecule has 108 valence electrons. The van der Waals surface area contributed by atoms with Gasteiger partial charge in [-0.25, -0.2) is 9.37 Å². The summed E-state index contributed by atoms with van der Waals surface area (Å²) in [7, 11) is 0. The quantitative estimate of drug-likeness (QED) is 0.921. The molecule has 5 heteroatoms. The number of hydrogen-bond donors (Lipinski definition) is 1. The molecule has 1 amide bonds. The number of pyridine rings is 1. The van der Waals surface area contributed by atoms with Crippen molar-refractivity contribution >= 4 is 11.7 Å². The van der Waals surface area contributed by atoms with E-state index in [1.54, 1.807) is 41.4 Å². The second kappa shape index (κ2) is 5.61. The summed E-state index contributed by atoms with van der Waals surface area (Å²) < 4.78 is 13.7. The molecule has 0 spiro atoms. The van der Waals surface area contributed by atoms with E-state index in [1.807, 2.05) is 0 Å². The Balaban J connectivity index is 1.88. The number of halogens is 1. The van der Waals surface area contributed by atoms with Gasteiger partial charge in [-0.2, -0.15) is 0 Å². The normalized spacial score (nSPS) is 18.9. The number of aromatic nitrogens is 1. The van der Waals surface area contributed by atoms with E-state index >= 15 is 0 Å². The van der Waals surface area contributed by atoms with Gasteiger partial charge in [-0.05, 0) is 31.0 Å². The van der Waals surface area contributed by atoms with Crippen molar-refractivity contribution < 1.29 is 9.18 Å². The summed E-state index contributed by atoms with van der Waals surface area (Å²) in [6.07, 6.45) is 3.16. The fourth-order valence-electron chi connectivity index (χ4n) is 2.53. The molecule has 2 heterocycles. The zero-order valence-electron chi connectivity index (χ0n) is 11.5. The number of hydrogen-bond acceptors (Lipinski definition) is 3. The third-order valence-corrected chi connectivity index (χ3v) is 3.69. The first-order valence-electron chi connectivity index (χ1n) is 6.95. The van der Waals surface area contributed by atoms with Crippen molar-refractivity contribution in [2.24, 2.45) is 5.73 Å². The lowest BCUT2D eigenvalue weighted by Gasteiger charge is -2.29. The number of nitrogens with zero attached hydrogens (tertiary/aromatic N) is 2. The molecule has 1 atom stereocenters. The Morgan fingerprint density at radius 3 is 2.76 bits per heavy atom. The van der Waals surface area contributed by atoms with Crippen LogP contribution in [0, 0.1) is 5.82 Å². The molecule has 2 N–H and O–H groups in total. The molecule has 1 aliphatic heterocycles. The highest BCUT2D eigenvalue weighted by Gasteiger charge is 2.27. The average Bonchev–Trinajstić information content (AvgIpc) is 2.51. The van der Waals surface area contributed by atoms with Crippen LogP contribution in [0.1, 0.15) is 12.8 Å². The molecule has 1 unspecified atom stereocenters. The molecule has 1 fully saturated rings. The molecule has 4 nitrogen and oxygen atoms in total. The molecule has 0 bridgehead atoms. The molecule has 1 aliphatic rings. The van der Waals surface area contributed by atoms with Gasteiger partial charge in [-0.15, -0.1) is 0 Å². The number of anilines is 1. The molecule has 0 saturated carbocycles. The highest BCUT2D eigenvalue weighted by Crippen LogP contribution is 2.24. The molecule has 2 aromatic rings. The topological polar surface area (TPSA) is 59.2 Å². The van der Waals surface area contributed by atoms with Gasteiger partial charge >= 0.3 is 0 Å². The molecule has 0 aliphatic carbocycles. The predicted octanol–water partition coefficient (Wildman–Crippen LogP) is 2.34. The van der Waals surface area contributed by atoms with Crippen LogP contribution >= 0.6 is 0 Å². The molecule has 1 aromatic heterocycles. The lowest BCUT2D eigenvalue weighted by Crippen LogP contribution is -2.48. The van der Waals surface area contributed by atoms with Crippen LogP contribution in [0.4, 0.5) is 10.2 Å². The van der Waals surface area contributed by atoms with Gasteiger partial charge in [-0.1, -0.05) is 18.2 Å². The van der Waals surface area contributed by atoms with Gasteiger partial charge in [0.15, 0.2) is 0 Å². The highest BCUT2D eigenvalue weighted by atomic mass is 19.1. The summed E-state index contributed by atoms with van der Waals surface area (Å²) in [5.41, 5.74) is 6.96. The van der Waals surface area contributed by atoms with Gasteiger partial charge in [0.25, 0.3) is 0 Å². The van der Waals surface area contributed by atoms with Crippen molar-refractivity contribution in [3.63, 3.8) is 0 Å². The van der Waals surface area contributed by atoms with E-state index in [1.165, 1.54) is 6.07 Å². The van der Waals surface area contributed by atoms with Gasteiger partial charge in [0.2, 0.25) is 5.91 Å². The van der Waals surface area contributed by atoms with Gasteiger partial charge in [0.05, 0.1) is 6.04 Å². The maximum absolute atomic E-state index is 13.7. The van der Waals surface area contributed by atoms with Crippen LogP contribution in [-0.2, 0) is 4.79 Å². The summed E-state index contributed by atoms with van der Waals surface area (Å²) in [5.74, 6) is 0.172. The third kappa shape index (κ3) is 2.64. The maximum Gasteiger partial charge on any atom is 0.245 e. The summed E-state index contributed by atoms with van der Waals surface area (Å²) >= 11 is 0. The van der Waals surface area contributed by atoms with Crippen LogP contribution < -0.4 is 10.6 Å². The summed E-state index contributed by atoms with van der Waals surface area (Å²) in [6.45, 7) is 0.624. The second-order valence-electron chi connectivity index (χ2n) is 5.12. The summed E-state index contributed by atoms with van der Waals surface area (Å²) in [5, 5.41) is 0. The molecule has 3 rings (SSSR count). The Hall–Kier alpha value is -2.27. The van der Waals surface area contributed by atoms with Crippen molar-refractivity contribution in [1.29, 1.82) is 0 Å². The van der Waals surface area contributed by atoms with Crippen LogP contribution in [0.3, 0.4) is 0 Å². The minimum Gasteiger partial charge on any atom is -0.320 e. The average molecular weight is 285 g/mol. The number of carbonyl (C=O) groups is 1. The SMILES string of the molecule is NC1CCCN(c2ccc(-c3ccccc3F)cn2)C1=O. The van der Waals surface area contributed by atoms with E-state index in [4.69, 9.17) is 5.73 Å². The van der Waals surface area contributed by atoms with Crippen LogP contribution in [0.5, 0.6) is 0 Å². The number of amides is 1. The van der Waals surface area contributed by atoms with E-state index in [-0.39, 0.29) is 11.7 Å². The van der Waals surface area contributed by atoms with Gasteiger partial charge < -0.3 is 5.73 Å². The van der Waals surface area contributed by atoms with Crippen LogP contribution in [0.25, 0.3) is 11.1 Å². The monoisotopic (exact) mass is 285 g/mol. The first kappa shape index (κ1) is 13.7. The van der Waals surface area contributed by atoms with Crippen molar-refractivity contribution in [1.82, 2.24) is 4.98 Å². The zero-order valence-corrected chi connectivity index (χ0v) is 11.5. The fraction of sp³-hybridized carbons (Fsp3) is 0.250. The predicted molar refractivity (Wildman–Crippen MR) is 79.2 cm³/mol. The molecule has 1 saturated heterocycles. The lowest BCUT2D eigenvalue weighted by molar-refractivity contribution is -0.120. The second-order valence-corrected chi connectivity index (χ2v) is 5.12. The van der Waals surface area contributed by atoms with E-state index in [2.05, 4.69) is 4.98 Å². The summed E-state index contributed by atoms with van der Waals surface area (Å²) in [4.78, 5) is 17.9. The van der Waals surface area contributed by atoms with Crippen molar-refractivity contribution in [3.8, 4) is 11.1 Å². The Morgan fingerprint density at radius 2 is 2.05 bits per heavy atom. The number of benzene rings is 1.